The second kappa shape index (κ2) is 5.29. The van der Waals surface area contributed by atoms with Crippen molar-refractivity contribution in [2.75, 3.05) is 19.3 Å². The van der Waals surface area contributed by atoms with Gasteiger partial charge in [-0.15, -0.1) is 0 Å². The van der Waals surface area contributed by atoms with Crippen molar-refractivity contribution in [3.05, 3.63) is 22.6 Å². The van der Waals surface area contributed by atoms with Gasteiger partial charge in [0.05, 0.1) is 11.9 Å². The topological polar surface area (TPSA) is 81.2 Å². The Morgan fingerprint density at radius 1 is 1.58 bits per heavy atom. The van der Waals surface area contributed by atoms with Crippen molar-refractivity contribution in [1.82, 2.24) is 14.7 Å². The first-order valence-corrected chi connectivity index (χ1v) is 5.28. The summed E-state index contributed by atoms with van der Waals surface area (Å²) in [5.74, 6) is -0.864. The number of carbonyl (C=O) groups is 1. The summed E-state index contributed by atoms with van der Waals surface area (Å²) >= 11 is 0. The first-order chi connectivity index (χ1) is 8.61. The largest absolute Gasteiger partial charge is 0.406 e. The van der Waals surface area contributed by atoms with Crippen LogP contribution in [0.4, 0.5) is 18.9 Å². The third-order valence-electron chi connectivity index (χ3n) is 2.36. The second-order valence-corrected chi connectivity index (χ2v) is 4.06. The number of alkyl halides is 3. The Hall–Kier alpha value is -2.06. The maximum absolute atomic E-state index is 12.2. The minimum atomic E-state index is -4.50. The van der Waals surface area contributed by atoms with Crippen LogP contribution in [0.25, 0.3) is 0 Å². The highest BCUT2D eigenvalue weighted by molar-refractivity contribution is 5.79. The number of halogens is 3. The highest BCUT2D eigenvalue weighted by Crippen LogP contribution is 2.17. The average molecular weight is 278 g/mol. The molecule has 0 radical (unpaired) electrons. The fourth-order valence-electron chi connectivity index (χ4n) is 1.49. The second-order valence-electron chi connectivity index (χ2n) is 4.06. The maximum atomic E-state index is 12.2. The van der Waals surface area contributed by atoms with E-state index in [0.29, 0.717) is 4.90 Å². The minimum absolute atomic E-state index is 0.115. The van der Waals surface area contributed by atoms with Crippen LogP contribution in [-0.4, -0.2) is 40.4 Å². The van der Waals surface area contributed by atoms with E-state index in [1.54, 1.807) is 0 Å². The van der Waals surface area contributed by atoms with Crippen LogP contribution in [0.3, 0.4) is 0 Å². The Labute approximate surface area is 106 Å². The molecule has 9 heteroatoms. The Morgan fingerprint density at radius 2 is 2.16 bits per heavy atom. The molecule has 0 saturated heterocycles. The zero-order valence-corrected chi connectivity index (χ0v) is 10.3. The molecular formula is C10H13F3N4O2. The number of likely N-dealkylation sites (N-methyl/N-ethyl adjacent to an activating group) is 1. The highest BCUT2D eigenvalue weighted by Gasteiger charge is 2.33. The molecule has 0 aromatic carbocycles. The van der Waals surface area contributed by atoms with Gasteiger partial charge in [0.25, 0.3) is 5.56 Å². The number of nitrogen functional groups attached to an aromatic ring is 1. The van der Waals surface area contributed by atoms with Crippen molar-refractivity contribution in [3.8, 4) is 0 Å². The Morgan fingerprint density at radius 3 is 2.63 bits per heavy atom. The van der Waals surface area contributed by atoms with Crippen molar-refractivity contribution in [3.63, 3.8) is 0 Å². The van der Waals surface area contributed by atoms with E-state index < -0.39 is 30.2 Å². The monoisotopic (exact) mass is 278 g/mol. The first-order valence-electron chi connectivity index (χ1n) is 5.28. The normalized spacial score (nSPS) is 13.1. The molecule has 1 atom stereocenters. The molecule has 1 rings (SSSR count). The summed E-state index contributed by atoms with van der Waals surface area (Å²) in [6.45, 7) is -0.0975. The van der Waals surface area contributed by atoms with E-state index >= 15 is 0 Å². The summed E-state index contributed by atoms with van der Waals surface area (Å²) < 4.78 is 37.3. The van der Waals surface area contributed by atoms with Gasteiger partial charge in [0.2, 0.25) is 5.91 Å². The number of anilines is 1. The number of amides is 1. The number of hydrogen-bond acceptors (Lipinski definition) is 4. The standard InChI is InChI=1S/C10H13F3N4O2/c1-6(9(19)16(2)5-10(11,12)13)17-8(18)3-7(14)4-15-17/h3-4,6H,5,14H2,1-2H3. The van der Waals surface area contributed by atoms with Gasteiger partial charge in [-0.1, -0.05) is 0 Å². The minimum Gasteiger partial charge on any atom is -0.397 e. The molecule has 19 heavy (non-hydrogen) atoms. The third kappa shape index (κ3) is 3.97. The first kappa shape index (κ1) is 15.0. The molecule has 0 spiro atoms. The van der Waals surface area contributed by atoms with E-state index in [0.717, 1.165) is 24.0 Å². The molecule has 1 amide bonds. The van der Waals surface area contributed by atoms with E-state index in [-0.39, 0.29) is 5.69 Å². The lowest BCUT2D eigenvalue weighted by molar-refractivity contribution is -0.160. The zero-order valence-electron chi connectivity index (χ0n) is 10.3. The van der Waals surface area contributed by atoms with Gasteiger partial charge in [0.15, 0.2) is 0 Å². The van der Waals surface area contributed by atoms with Crippen molar-refractivity contribution >= 4 is 11.6 Å². The van der Waals surface area contributed by atoms with Crippen molar-refractivity contribution in [2.45, 2.75) is 19.1 Å². The molecule has 0 saturated carbocycles. The van der Waals surface area contributed by atoms with Gasteiger partial charge in [0.1, 0.15) is 12.6 Å². The molecule has 1 aromatic heterocycles. The zero-order chi connectivity index (χ0) is 14.8. The van der Waals surface area contributed by atoms with Crippen LogP contribution in [-0.2, 0) is 4.79 Å². The van der Waals surface area contributed by atoms with E-state index in [4.69, 9.17) is 5.73 Å². The fourth-order valence-corrected chi connectivity index (χ4v) is 1.49. The summed E-state index contributed by atoms with van der Waals surface area (Å²) in [7, 11) is 1.01. The number of carbonyl (C=O) groups excluding carboxylic acids is 1. The summed E-state index contributed by atoms with van der Waals surface area (Å²) in [6, 6.07) is -0.0963. The van der Waals surface area contributed by atoms with Crippen molar-refractivity contribution < 1.29 is 18.0 Å². The lowest BCUT2D eigenvalue weighted by Gasteiger charge is -2.22. The average Bonchev–Trinajstić information content (AvgIpc) is 2.24. The molecule has 2 N–H and O–H groups in total. The molecule has 0 fully saturated rings. The van der Waals surface area contributed by atoms with Crippen LogP contribution in [0.2, 0.25) is 0 Å². The molecule has 0 aliphatic heterocycles. The number of aromatic nitrogens is 2. The summed E-state index contributed by atoms with van der Waals surface area (Å²) in [4.78, 5) is 23.8. The predicted octanol–water partition coefficient (Wildman–Crippen LogP) is 0.407. The molecule has 1 unspecified atom stereocenters. The Balaban J connectivity index is 2.91. The number of nitrogens with zero attached hydrogens (tertiary/aromatic N) is 3. The van der Waals surface area contributed by atoms with Crippen LogP contribution in [0.5, 0.6) is 0 Å². The lowest BCUT2D eigenvalue weighted by atomic mass is 10.3. The number of hydrogen-bond donors (Lipinski definition) is 1. The maximum Gasteiger partial charge on any atom is 0.406 e. The predicted molar refractivity (Wildman–Crippen MR) is 61.3 cm³/mol. The van der Waals surface area contributed by atoms with Crippen LogP contribution in [0.15, 0.2) is 17.1 Å². The summed E-state index contributed by atoms with van der Waals surface area (Å²) in [5, 5.41) is 3.63. The quantitative estimate of drug-likeness (QED) is 0.868. The van der Waals surface area contributed by atoms with Gasteiger partial charge in [-0.3, -0.25) is 9.59 Å². The van der Waals surface area contributed by atoms with Gasteiger partial charge < -0.3 is 10.6 Å². The molecular weight excluding hydrogens is 265 g/mol. The van der Waals surface area contributed by atoms with E-state index in [9.17, 15) is 22.8 Å². The molecule has 0 aliphatic carbocycles. The highest BCUT2D eigenvalue weighted by atomic mass is 19.4. The Bertz CT molecular complexity index is 526. The third-order valence-corrected chi connectivity index (χ3v) is 2.36. The fraction of sp³-hybridized carbons (Fsp3) is 0.500. The molecule has 0 aliphatic rings. The SMILES string of the molecule is CC(C(=O)N(C)CC(F)(F)F)n1ncc(N)cc1=O. The van der Waals surface area contributed by atoms with E-state index in [2.05, 4.69) is 5.10 Å². The van der Waals surface area contributed by atoms with Crippen molar-refractivity contribution in [1.29, 1.82) is 0 Å². The smallest absolute Gasteiger partial charge is 0.397 e. The van der Waals surface area contributed by atoms with Crippen molar-refractivity contribution in [2.24, 2.45) is 0 Å². The van der Waals surface area contributed by atoms with Gasteiger partial charge in [-0.05, 0) is 6.92 Å². The molecule has 0 bridgehead atoms. The lowest BCUT2D eigenvalue weighted by Crippen LogP contribution is -2.42. The van der Waals surface area contributed by atoms with Crippen LogP contribution in [0.1, 0.15) is 13.0 Å². The van der Waals surface area contributed by atoms with Gasteiger partial charge in [-0.2, -0.15) is 18.3 Å². The summed E-state index contributed by atoms with van der Waals surface area (Å²) in [5.41, 5.74) is 4.79. The van der Waals surface area contributed by atoms with Gasteiger partial charge in [0, 0.05) is 13.1 Å². The number of nitrogens with two attached hydrogens (primary N) is 1. The Kier molecular flexibility index (Phi) is 4.17. The van der Waals surface area contributed by atoms with Crippen LogP contribution >= 0.6 is 0 Å². The van der Waals surface area contributed by atoms with Crippen LogP contribution in [0, 0.1) is 0 Å². The molecule has 1 aromatic rings. The summed E-state index contributed by atoms with van der Waals surface area (Å²) in [6.07, 6.45) is -3.35. The molecule has 1 heterocycles. The molecule has 106 valence electrons. The van der Waals surface area contributed by atoms with Gasteiger partial charge in [-0.25, -0.2) is 4.68 Å². The molecule has 6 nitrogen and oxygen atoms in total. The van der Waals surface area contributed by atoms with E-state index in [1.165, 1.54) is 6.92 Å². The van der Waals surface area contributed by atoms with Gasteiger partial charge >= 0.3 is 6.18 Å². The number of rotatable bonds is 3. The van der Waals surface area contributed by atoms with Crippen LogP contribution < -0.4 is 11.3 Å². The van der Waals surface area contributed by atoms with E-state index in [1.807, 2.05) is 0 Å².